The summed E-state index contributed by atoms with van der Waals surface area (Å²) < 4.78 is 0. The molecule has 0 amide bonds. The second-order valence-corrected chi connectivity index (χ2v) is 4.14. The lowest BCUT2D eigenvalue weighted by Crippen LogP contribution is -2.14. The molecule has 2 heterocycles. The van der Waals surface area contributed by atoms with Crippen LogP contribution in [-0.4, -0.2) is 28.2 Å². The summed E-state index contributed by atoms with van der Waals surface area (Å²) in [5, 5.41) is 5.12. The Hall–Kier alpha value is -1.36. The van der Waals surface area contributed by atoms with E-state index in [9.17, 15) is 0 Å². The van der Waals surface area contributed by atoms with Crippen molar-refractivity contribution >= 4 is 22.6 Å². The fraction of sp³-hybridized carbons (Fsp3) is 0.300. The first-order valence-corrected chi connectivity index (χ1v) is 5.74. The molecule has 0 atom stereocenters. The van der Waals surface area contributed by atoms with Crippen LogP contribution in [0.3, 0.4) is 0 Å². The smallest absolute Gasteiger partial charge is 0.177 e. The fourth-order valence-corrected chi connectivity index (χ4v) is 1.84. The lowest BCUT2D eigenvalue weighted by molar-refractivity contribution is 1.02. The van der Waals surface area contributed by atoms with E-state index in [1.54, 1.807) is 18.0 Å². The molecule has 1 aromatic rings. The number of hydrogen-bond donors (Lipinski definition) is 1. The SMILES string of the molecule is C/C(=N/NC1=NCCS1)c1ccccn1. The summed E-state index contributed by atoms with van der Waals surface area (Å²) in [6, 6.07) is 5.77. The van der Waals surface area contributed by atoms with Gasteiger partial charge in [0.05, 0.1) is 18.0 Å². The van der Waals surface area contributed by atoms with Crippen molar-refractivity contribution in [2.75, 3.05) is 12.3 Å². The lowest BCUT2D eigenvalue weighted by atomic mass is 10.3. The number of amidine groups is 1. The lowest BCUT2D eigenvalue weighted by Gasteiger charge is -2.01. The summed E-state index contributed by atoms with van der Waals surface area (Å²) in [4.78, 5) is 8.45. The molecule has 1 N–H and O–H groups in total. The molecule has 5 heteroatoms. The van der Waals surface area contributed by atoms with E-state index in [4.69, 9.17) is 0 Å². The van der Waals surface area contributed by atoms with Gasteiger partial charge in [0.25, 0.3) is 0 Å². The van der Waals surface area contributed by atoms with Gasteiger partial charge in [0.15, 0.2) is 5.17 Å². The van der Waals surface area contributed by atoms with Gasteiger partial charge in [-0.2, -0.15) is 5.10 Å². The number of hydrazone groups is 1. The van der Waals surface area contributed by atoms with Crippen molar-refractivity contribution in [1.29, 1.82) is 0 Å². The number of hydrogen-bond acceptors (Lipinski definition) is 5. The number of nitrogens with zero attached hydrogens (tertiary/aromatic N) is 3. The number of nitrogens with one attached hydrogen (secondary N) is 1. The van der Waals surface area contributed by atoms with Crippen LogP contribution in [0.4, 0.5) is 0 Å². The molecule has 4 nitrogen and oxygen atoms in total. The van der Waals surface area contributed by atoms with Crippen LogP contribution in [0.1, 0.15) is 12.6 Å². The molecule has 0 bridgehead atoms. The monoisotopic (exact) mass is 220 g/mol. The van der Waals surface area contributed by atoms with Crippen LogP contribution in [-0.2, 0) is 0 Å². The van der Waals surface area contributed by atoms with Crippen LogP contribution < -0.4 is 5.43 Å². The number of aliphatic imine (C=N–C) groups is 1. The average Bonchev–Trinajstić information content (AvgIpc) is 2.80. The van der Waals surface area contributed by atoms with E-state index < -0.39 is 0 Å². The van der Waals surface area contributed by atoms with E-state index in [2.05, 4.69) is 20.5 Å². The van der Waals surface area contributed by atoms with Crippen LogP contribution in [0.25, 0.3) is 0 Å². The van der Waals surface area contributed by atoms with Gasteiger partial charge in [-0.05, 0) is 19.1 Å². The Morgan fingerprint density at radius 1 is 1.53 bits per heavy atom. The van der Waals surface area contributed by atoms with Gasteiger partial charge < -0.3 is 0 Å². The van der Waals surface area contributed by atoms with Gasteiger partial charge in [-0.15, -0.1) is 0 Å². The summed E-state index contributed by atoms with van der Waals surface area (Å²) >= 11 is 1.69. The highest BCUT2D eigenvalue weighted by Crippen LogP contribution is 2.08. The van der Waals surface area contributed by atoms with Crippen molar-refractivity contribution in [3.05, 3.63) is 30.1 Å². The zero-order chi connectivity index (χ0) is 10.5. The van der Waals surface area contributed by atoms with Crippen LogP contribution in [0.15, 0.2) is 34.5 Å². The van der Waals surface area contributed by atoms with Crippen molar-refractivity contribution in [3.8, 4) is 0 Å². The molecule has 2 rings (SSSR count). The van der Waals surface area contributed by atoms with E-state index in [0.29, 0.717) is 0 Å². The van der Waals surface area contributed by atoms with Crippen LogP contribution in [0.2, 0.25) is 0 Å². The van der Waals surface area contributed by atoms with Crippen molar-refractivity contribution in [1.82, 2.24) is 10.4 Å². The largest absolute Gasteiger partial charge is 0.260 e. The molecule has 0 fully saturated rings. The topological polar surface area (TPSA) is 49.6 Å². The minimum Gasteiger partial charge on any atom is -0.260 e. The molecule has 0 radical (unpaired) electrons. The third-order valence-electron chi connectivity index (χ3n) is 1.94. The van der Waals surface area contributed by atoms with Crippen molar-refractivity contribution in [3.63, 3.8) is 0 Å². The Balaban J connectivity index is 2.01. The van der Waals surface area contributed by atoms with Crippen LogP contribution in [0.5, 0.6) is 0 Å². The molecule has 1 aromatic heterocycles. The second-order valence-electron chi connectivity index (χ2n) is 3.06. The Morgan fingerprint density at radius 2 is 2.47 bits per heavy atom. The number of thioether (sulfide) groups is 1. The highest BCUT2D eigenvalue weighted by atomic mass is 32.2. The Morgan fingerprint density at radius 3 is 3.13 bits per heavy atom. The minimum absolute atomic E-state index is 0.866. The summed E-state index contributed by atoms with van der Waals surface area (Å²) in [7, 11) is 0. The normalized spacial score (nSPS) is 16.3. The zero-order valence-corrected chi connectivity index (χ0v) is 9.29. The molecule has 0 spiro atoms. The van der Waals surface area contributed by atoms with E-state index in [1.165, 1.54) is 0 Å². The zero-order valence-electron chi connectivity index (χ0n) is 8.47. The fourth-order valence-electron chi connectivity index (χ4n) is 1.17. The molecule has 78 valence electrons. The van der Waals surface area contributed by atoms with Gasteiger partial charge in [-0.25, -0.2) is 0 Å². The summed E-state index contributed by atoms with van der Waals surface area (Å²) in [5.41, 5.74) is 4.69. The molecule has 0 saturated heterocycles. The van der Waals surface area contributed by atoms with E-state index >= 15 is 0 Å². The Labute approximate surface area is 92.9 Å². The highest BCUT2D eigenvalue weighted by Gasteiger charge is 2.05. The number of aromatic nitrogens is 1. The molecular formula is C10H12N4S. The first kappa shape index (κ1) is 10.2. The van der Waals surface area contributed by atoms with Gasteiger partial charge in [0, 0.05) is 11.9 Å². The molecule has 0 aromatic carbocycles. The maximum absolute atomic E-state index is 4.24. The maximum atomic E-state index is 4.24. The molecule has 15 heavy (non-hydrogen) atoms. The van der Waals surface area contributed by atoms with E-state index in [1.807, 2.05) is 25.1 Å². The van der Waals surface area contributed by atoms with Gasteiger partial charge in [-0.3, -0.25) is 15.4 Å². The highest BCUT2D eigenvalue weighted by molar-refractivity contribution is 8.14. The van der Waals surface area contributed by atoms with E-state index in [0.717, 1.165) is 28.9 Å². The molecular weight excluding hydrogens is 208 g/mol. The van der Waals surface area contributed by atoms with Gasteiger partial charge >= 0.3 is 0 Å². The molecule has 0 saturated carbocycles. The van der Waals surface area contributed by atoms with E-state index in [-0.39, 0.29) is 0 Å². The quantitative estimate of drug-likeness (QED) is 0.607. The van der Waals surface area contributed by atoms with Crippen LogP contribution in [0, 0.1) is 0 Å². The van der Waals surface area contributed by atoms with Gasteiger partial charge in [-0.1, -0.05) is 17.8 Å². The standard InChI is InChI=1S/C10H12N4S/c1-8(9-4-2-3-5-11-9)13-14-10-12-6-7-15-10/h2-5H,6-7H2,1H3,(H,12,14)/b13-8-. The van der Waals surface area contributed by atoms with Crippen molar-refractivity contribution < 1.29 is 0 Å². The summed E-state index contributed by atoms with van der Waals surface area (Å²) in [6.07, 6.45) is 1.76. The third kappa shape index (κ3) is 2.79. The molecule has 0 unspecified atom stereocenters. The van der Waals surface area contributed by atoms with Crippen molar-refractivity contribution in [2.24, 2.45) is 10.1 Å². The first-order valence-electron chi connectivity index (χ1n) is 4.75. The summed E-state index contributed by atoms with van der Waals surface area (Å²) in [5.74, 6) is 1.04. The number of pyridine rings is 1. The number of rotatable bonds is 2. The molecule has 1 aliphatic heterocycles. The molecule has 1 aliphatic rings. The third-order valence-corrected chi connectivity index (χ3v) is 2.82. The maximum Gasteiger partial charge on any atom is 0.177 e. The Kier molecular flexibility index (Phi) is 3.34. The van der Waals surface area contributed by atoms with Gasteiger partial charge in [0.1, 0.15) is 0 Å². The Bertz CT molecular complexity index is 386. The second kappa shape index (κ2) is 4.93. The average molecular weight is 220 g/mol. The summed E-state index contributed by atoms with van der Waals surface area (Å²) in [6.45, 7) is 2.81. The van der Waals surface area contributed by atoms with Crippen molar-refractivity contribution in [2.45, 2.75) is 6.92 Å². The minimum atomic E-state index is 0.866. The first-order chi connectivity index (χ1) is 7.36. The van der Waals surface area contributed by atoms with Gasteiger partial charge in [0.2, 0.25) is 0 Å². The molecule has 0 aliphatic carbocycles. The predicted octanol–water partition coefficient (Wildman–Crippen LogP) is 1.50. The predicted molar refractivity (Wildman–Crippen MR) is 64.3 cm³/mol. The van der Waals surface area contributed by atoms with Crippen LogP contribution >= 0.6 is 11.8 Å².